The topological polar surface area (TPSA) is 117 Å². The predicted molar refractivity (Wildman–Crippen MR) is 141 cm³/mol. The first kappa shape index (κ1) is 24.5. The molecule has 8 nitrogen and oxygen atoms in total. The van der Waals surface area contributed by atoms with Gasteiger partial charge in [-0.1, -0.05) is 36.4 Å². The van der Waals surface area contributed by atoms with Crippen molar-refractivity contribution < 1.29 is 14.4 Å². The van der Waals surface area contributed by atoms with Crippen LogP contribution in [0.3, 0.4) is 0 Å². The third-order valence-electron chi connectivity index (χ3n) is 7.48. The minimum Gasteiger partial charge on any atom is -0.366 e. The average molecular weight is 498 g/mol. The zero-order chi connectivity index (χ0) is 25.9. The minimum atomic E-state index is -0.536. The summed E-state index contributed by atoms with van der Waals surface area (Å²) in [5.41, 5.74) is 8.47. The van der Waals surface area contributed by atoms with Gasteiger partial charge in [0.2, 0.25) is 5.91 Å². The standard InChI is InChI=1S/C29H31N5O3/c1-18-24(27(30)35)8-5-9-25(18)29(37)33-21-14-22-11-12-23(15-21)34(22)26-13-10-20(17-31-26)28(36)32-16-19-6-3-2-4-7-19/h2-10,13,17,21-23H,11-12,14-16H2,1H3,(H2,30,35)(H,32,36)(H,33,37)/t21?,22-,23+. The quantitative estimate of drug-likeness (QED) is 0.463. The Bertz CT molecular complexity index is 1290. The van der Waals surface area contributed by atoms with Crippen molar-refractivity contribution in [3.63, 3.8) is 0 Å². The van der Waals surface area contributed by atoms with Crippen molar-refractivity contribution in [1.29, 1.82) is 0 Å². The highest BCUT2D eigenvalue weighted by molar-refractivity contribution is 6.01. The molecule has 3 aromatic rings. The molecule has 190 valence electrons. The van der Waals surface area contributed by atoms with E-state index in [0.29, 0.717) is 28.8 Å². The summed E-state index contributed by atoms with van der Waals surface area (Å²) >= 11 is 0. The Hall–Kier alpha value is -4.20. The number of hydrogen-bond acceptors (Lipinski definition) is 5. The van der Waals surface area contributed by atoms with Crippen LogP contribution < -0.4 is 21.3 Å². The smallest absolute Gasteiger partial charge is 0.253 e. The van der Waals surface area contributed by atoms with Crippen molar-refractivity contribution in [2.75, 3.05) is 4.90 Å². The minimum absolute atomic E-state index is 0.0425. The van der Waals surface area contributed by atoms with Gasteiger partial charge in [0.1, 0.15) is 5.82 Å². The van der Waals surface area contributed by atoms with E-state index in [9.17, 15) is 14.4 Å². The summed E-state index contributed by atoms with van der Waals surface area (Å²) in [6, 6.07) is 19.2. The maximum atomic E-state index is 13.0. The number of hydrogen-bond donors (Lipinski definition) is 3. The van der Waals surface area contributed by atoms with E-state index in [-0.39, 0.29) is 29.9 Å². The van der Waals surface area contributed by atoms with Gasteiger partial charge in [0.15, 0.2) is 0 Å². The Kier molecular flexibility index (Phi) is 6.90. The molecule has 37 heavy (non-hydrogen) atoms. The molecule has 3 atom stereocenters. The number of anilines is 1. The highest BCUT2D eigenvalue weighted by Gasteiger charge is 2.42. The van der Waals surface area contributed by atoms with Gasteiger partial charge < -0.3 is 21.3 Å². The number of carbonyl (C=O) groups excluding carboxylic acids is 3. The van der Waals surface area contributed by atoms with Gasteiger partial charge >= 0.3 is 0 Å². The molecule has 3 heterocycles. The van der Waals surface area contributed by atoms with E-state index in [1.165, 1.54) is 0 Å². The van der Waals surface area contributed by atoms with E-state index in [4.69, 9.17) is 5.73 Å². The number of carbonyl (C=O) groups is 3. The van der Waals surface area contributed by atoms with Crippen LogP contribution in [-0.2, 0) is 6.54 Å². The lowest BCUT2D eigenvalue weighted by Gasteiger charge is -2.40. The van der Waals surface area contributed by atoms with E-state index >= 15 is 0 Å². The van der Waals surface area contributed by atoms with Gasteiger partial charge in [0, 0.05) is 42.0 Å². The average Bonchev–Trinajstić information content (AvgIpc) is 3.17. The Balaban J connectivity index is 1.20. The number of benzene rings is 2. The lowest BCUT2D eigenvalue weighted by molar-refractivity contribution is 0.0924. The molecule has 2 saturated heterocycles. The maximum absolute atomic E-state index is 13.0. The van der Waals surface area contributed by atoms with Crippen LogP contribution in [0.2, 0.25) is 0 Å². The highest BCUT2D eigenvalue weighted by atomic mass is 16.2. The van der Waals surface area contributed by atoms with Gasteiger partial charge in [-0.25, -0.2) is 4.98 Å². The van der Waals surface area contributed by atoms with Gasteiger partial charge in [-0.15, -0.1) is 0 Å². The number of nitrogens with two attached hydrogens (primary N) is 1. The van der Waals surface area contributed by atoms with Crippen LogP contribution in [0.4, 0.5) is 5.82 Å². The van der Waals surface area contributed by atoms with E-state index in [2.05, 4.69) is 20.5 Å². The van der Waals surface area contributed by atoms with Gasteiger partial charge in [0.25, 0.3) is 11.8 Å². The second-order valence-electron chi connectivity index (χ2n) is 9.85. The fraction of sp³-hybridized carbons (Fsp3) is 0.310. The molecule has 1 aromatic heterocycles. The Morgan fingerprint density at radius 3 is 2.27 bits per heavy atom. The summed E-state index contributed by atoms with van der Waals surface area (Å²) in [5, 5.41) is 6.11. The number of primary amides is 1. The summed E-state index contributed by atoms with van der Waals surface area (Å²) in [7, 11) is 0. The third kappa shape index (κ3) is 5.18. The van der Waals surface area contributed by atoms with Gasteiger partial charge in [-0.2, -0.15) is 0 Å². The van der Waals surface area contributed by atoms with E-state index in [1.54, 1.807) is 31.3 Å². The van der Waals surface area contributed by atoms with Gasteiger partial charge in [0.05, 0.1) is 5.56 Å². The number of fused-ring (bicyclic) bond motifs is 2. The number of nitrogens with one attached hydrogen (secondary N) is 2. The van der Waals surface area contributed by atoms with Crippen LogP contribution in [-0.4, -0.2) is 40.8 Å². The molecule has 2 aromatic carbocycles. The fourth-order valence-electron chi connectivity index (χ4n) is 5.63. The van der Waals surface area contributed by atoms with E-state index in [1.807, 2.05) is 42.5 Å². The summed E-state index contributed by atoms with van der Waals surface area (Å²) in [5.74, 6) is -0.00183. The Morgan fingerprint density at radius 2 is 1.62 bits per heavy atom. The molecule has 0 spiro atoms. The summed E-state index contributed by atoms with van der Waals surface area (Å²) < 4.78 is 0. The normalized spacial score (nSPS) is 20.4. The van der Waals surface area contributed by atoms with Crippen molar-refractivity contribution in [3.8, 4) is 0 Å². The molecule has 2 bridgehead atoms. The van der Waals surface area contributed by atoms with Crippen molar-refractivity contribution in [2.45, 2.75) is 57.3 Å². The van der Waals surface area contributed by atoms with Crippen molar-refractivity contribution in [3.05, 3.63) is 94.7 Å². The monoisotopic (exact) mass is 497 g/mol. The Morgan fingerprint density at radius 1 is 0.919 bits per heavy atom. The van der Waals surface area contributed by atoms with Crippen molar-refractivity contribution >= 4 is 23.5 Å². The molecule has 8 heteroatoms. The lowest BCUT2D eigenvalue weighted by Crippen LogP contribution is -2.51. The van der Waals surface area contributed by atoms with Crippen LogP contribution in [0.15, 0.2) is 66.9 Å². The summed E-state index contributed by atoms with van der Waals surface area (Å²) in [4.78, 5) is 44.2. The molecule has 5 rings (SSSR count). The Labute approximate surface area is 216 Å². The van der Waals surface area contributed by atoms with Crippen LogP contribution >= 0.6 is 0 Å². The summed E-state index contributed by atoms with van der Waals surface area (Å²) in [6.07, 6.45) is 5.34. The second kappa shape index (κ2) is 10.4. The molecule has 1 unspecified atom stereocenters. The van der Waals surface area contributed by atoms with Gasteiger partial charge in [-0.3, -0.25) is 14.4 Å². The third-order valence-corrected chi connectivity index (χ3v) is 7.48. The van der Waals surface area contributed by atoms with Crippen molar-refractivity contribution in [1.82, 2.24) is 15.6 Å². The molecular weight excluding hydrogens is 466 g/mol. The molecule has 0 radical (unpaired) electrons. The van der Waals surface area contributed by atoms with Crippen LogP contribution in [0, 0.1) is 6.92 Å². The van der Waals surface area contributed by atoms with E-state index in [0.717, 1.165) is 37.1 Å². The number of aromatic nitrogens is 1. The van der Waals surface area contributed by atoms with E-state index < -0.39 is 5.91 Å². The predicted octanol–water partition coefficient (Wildman–Crippen LogP) is 3.35. The van der Waals surface area contributed by atoms with Crippen molar-refractivity contribution in [2.24, 2.45) is 5.73 Å². The molecule has 0 saturated carbocycles. The SMILES string of the molecule is Cc1c(C(N)=O)cccc1C(=O)NC1C[C@H]2CC[C@@H](C1)N2c1ccc(C(=O)NCc2ccccc2)cn1. The van der Waals surface area contributed by atoms with Crippen LogP contribution in [0.1, 0.15) is 67.9 Å². The summed E-state index contributed by atoms with van der Waals surface area (Å²) in [6.45, 7) is 2.22. The molecular formula is C29H31N5O3. The van der Waals surface area contributed by atoms with Gasteiger partial charge in [-0.05, 0) is 68.0 Å². The molecule has 2 aliphatic rings. The molecule has 2 fully saturated rings. The zero-order valence-corrected chi connectivity index (χ0v) is 20.8. The first-order valence-electron chi connectivity index (χ1n) is 12.7. The number of rotatable bonds is 7. The largest absolute Gasteiger partial charge is 0.366 e. The lowest BCUT2D eigenvalue weighted by atomic mass is 9.95. The number of piperidine rings is 1. The molecule has 3 amide bonds. The maximum Gasteiger partial charge on any atom is 0.253 e. The molecule has 4 N–H and O–H groups in total. The number of nitrogens with zero attached hydrogens (tertiary/aromatic N) is 2. The second-order valence-corrected chi connectivity index (χ2v) is 9.85. The molecule has 2 aliphatic heterocycles. The highest BCUT2D eigenvalue weighted by Crippen LogP contribution is 2.38. The first-order chi connectivity index (χ1) is 17.9. The first-order valence-corrected chi connectivity index (χ1v) is 12.7. The van der Waals surface area contributed by atoms with Crippen LogP contribution in [0.25, 0.3) is 0 Å². The molecule has 0 aliphatic carbocycles. The number of amides is 3. The number of pyridine rings is 1. The zero-order valence-electron chi connectivity index (χ0n) is 20.8. The van der Waals surface area contributed by atoms with Crippen LogP contribution in [0.5, 0.6) is 0 Å². The fourth-order valence-corrected chi connectivity index (χ4v) is 5.63.